The Kier molecular flexibility index (Phi) is 1.83. The van der Waals surface area contributed by atoms with Gasteiger partial charge in [-0.1, -0.05) is 0 Å². The first kappa shape index (κ1) is 3.25. The van der Waals surface area contributed by atoms with Crippen molar-refractivity contribution in [2.75, 3.05) is 0 Å². The zero-order valence-corrected chi connectivity index (χ0v) is 1.89. The third-order valence-electron chi connectivity index (χ3n) is 0.0500. The first-order valence-corrected chi connectivity index (χ1v) is 0.697. The minimum atomic E-state index is 0. The average molecular weight is 59.0 g/mol. The molecule has 0 saturated carbocycles. The van der Waals surface area contributed by atoms with Crippen LogP contribution in [0.2, 0.25) is 0 Å². The van der Waals surface area contributed by atoms with Gasteiger partial charge >= 0.3 is 1.43 Å². The third-order valence-corrected chi connectivity index (χ3v) is 0.0500. The summed E-state index contributed by atoms with van der Waals surface area (Å²) in [5.41, 5.74) is 1.24. The van der Waals surface area contributed by atoms with Gasteiger partial charge in [0, 0.05) is 0 Å². The molecule has 0 atom stereocenters. The molecule has 3 heteroatoms. The molecule has 22 valence electrons. The van der Waals surface area contributed by atoms with Crippen LogP contribution in [0, 0.1) is 11.5 Å². The SMILES string of the molecule is N#CNO.[H+]. The molecule has 0 radical (unpaired) electrons. The van der Waals surface area contributed by atoms with E-state index in [-0.39, 0.29) is 1.43 Å². The highest BCUT2D eigenvalue weighted by molar-refractivity contribution is 4.50. The normalized spacial score (nSPS) is 4.00. The van der Waals surface area contributed by atoms with E-state index in [9.17, 15) is 0 Å². The number of nitrogens with zero attached hydrogens (tertiary/aromatic N) is 1. The zero-order valence-electron chi connectivity index (χ0n) is 2.89. The molecule has 0 amide bonds. The topological polar surface area (TPSA) is 56.0 Å². The van der Waals surface area contributed by atoms with Crippen molar-refractivity contribution in [2.24, 2.45) is 0 Å². The minimum absolute atomic E-state index is 0. The van der Waals surface area contributed by atoms with Gasteiger partial charge in [-0.25, -0.2) is 5.48 Å². The van der Waals surface area contributed by atoms with Crippen LogP contribution in [0.4, 0.5) is 0 Å². The Bertz CT molecular complexity index is 39.4. The Morgan fingerprint density at radius 3 is 2.50 bits per heavy atom. The molecule has 0 bridgehead atoms. The van der Waals surface area contributed by atoms with Gasteiger partial charge in [-0.2, -0.15) is 5.26 Å². The molecule has 3 nitrogen and oxygen atoms in total. The van der Waals surface area contributed by atoms with E-state index in [1.54, 1.807) is 0 Å². The highest BCUT2D eigenvalue weighted by Gasteiger charge is 1.40. The van der Waals surface area contributed by atoms with Crippen LogP contribution in [0.5, 0.6) is 0 Å². The van der Waals surface area contributed by atoms with Gasteiger partial charge in [-0.05, 0) is 0 Å². The summed E-state index contributed by atoms with van der Waals surface area (Å²) in [7, 11) is 0. The summed E-state index contributed by atoms with van der Waals surface area (Å²) in [6.45, 7) is 0. The molecule has 0 fully saturated rings. The summed E-state index contributed by atoms with van der Waals surface area (Å²) < 4.78 is 0. The summed E-state index contributed by atoms with van der Waals surface area (Å²) in [5.74, 6) is 0. The van der Waals surface area contributed by atoms with Gasteiger partial charge in [-0.3, -0.25) is 5.21 Å². The van der Waals surface area contributed by atoms with Crippen LogP contribution in [0.3, 0.4) is 0 Å². The number of nitriles is 1. The summed E-state index contributed by atoms with van der Waals surface area (Å²) in [5, 5.41) is 14.5. The minimum Gasteiger partial charge on any atom is -0.282 e. The molecule has 0 heterocycles. The van der Waals surface area contributed by atoms with Crippen LogP contribution < -0.4 is 5.48 Å². The lowest BCUT2D eigenvalue weighted by atomic mass is 11.5. The fourth-order valence-corrected chi connectivity index (χ4v) is 0. The maximum Gasteiger partial charge on any atom is 1.00 e. The van der Waals surface area contributed by atoms with Crippen molar-refractivity contribution in [1.82, 2.24) is 5.48 Å². The van der Waals surface area contributed by atoms with E-state index in [2.05, 4.69) is 0 Å². The Hall–Kier alpha value is -0.750. The van der Waals surface area contributed by atoms with Crippen molar-refractivity contribution in [3.63, 3.8) is 0 Å². The van der Waals surface area contributed by atoms with Crippen molar-refractivity contribution < 1.29 is 6.63 Å². The van der Waals surface area contributed by atoms with Gasteiger partial charge in [0.05, 0.1) is 0 Å². The largest absolute Gasteiger partial charge is 1.00 e. The molecule has 0 aliphatic carbocycles. The maximum atomic E-state index is 7.26. The predicted molar refractivity (Wildman–Crippen MR) is 11.6 cm³/mol. The van der Waals surface area contributed by atoms with Crippen LogP contribution in [-0.4, -0.2) is 5.21 Å². The standard InChI is InChI=1S/CH2N2O/c2-1-3-4/h3-4H/p+1. The number of nitrogens with one attached hydrogen (secondary N) is 1. The van der Waals surface area contributed by atoms with Crippen molar-refractivity contribution in [3.05, 3.63) is 0 Å². The van der Waals surface area contributed by atoms with Gasteiger partial charge in [0.25, 0.3) is 0 Å². The highest BCUT2D eigenvalue weighted by Crippen LogP contribution is 1.15. The Labute approximate surface area is 24.9 Å². The summed E-state index contributed by atoms with van der Waals surface area (Å²) in [6.07, 6.45) is 1.24. The van der Waals surface area contributed by atoms with Crippen molar-refractivity contribution >= 4 is 0 Å². The molecule has 0 aliphatic rings. The molecule has 0 rings (SSSR count). The van der Waals surface area contributed by atoms with E-state index >= 15 is 0 Å². The van der Waals surface area contributed by atoms with Gasteiger partial charge < -0.3 is 0 Å². The number of hydroxylamine groups is 1. The zero-order chi connectivity index (χ0) is 3.41. The Balaban J connectivity index is 0. The smallest absolute Gasteiger partial charge is 0.282 e. The lowest BCUT2D eigenvalue weighted by Gasteiger charge is -1.60. The molecule has 0 saturated heterocycles. The molecular weight excluding hydrogens is 56.0 g/mol. The monoisotopic (exact) mass is 59.0 g/mol. The molecular formula is CH3N2O+. The first-order valence-electron chi connectivity index (χ1n) is 0.697. The quantitative estimate of drug-likeness (QED) is 0.226. The van der Waals surface area contributed by atoms with Gasteiger partial charge in [0.2, 0.25) is 6.19 Å². The Morgan fingerprint density at radius 2 is 2.50 bits per heavy atom. The van der Waals surface area contributed by atoms with Crippen LogP contribution >= 0.6 is 0 Å². The van der Waals surface area contributed by atoms with E-state index in [0.29, 0.717) is 0 Å². The second-order valence-corrected chi connectivity index (χ2v) is 0.224. The van der Waals surface area contributed by atoms with E-state index in [0.717, 1.165) is 0 Å². The lowest BCUT2D eigenvalue weighted by Crippen LogP contribution is -1.90. The predicted octanol–water partition coefficient (Wildman–Crippen LogP) is -0.441. The van der Waals surface area contributed by atoms with Crippen LogP contribution in [0.1, 0.15) is 1.43 Å². The van der Waals surface area contributed by atoms with E-state index in [4.69, 9.17) is 10.5 Å². The van der Waals surface area contributed by atoms with Crippen molar-refractivity contribution in [1.29, 1.82) is 5.26 Å². The summed E-state index contributed by atoms with van der Waals surface area (Å²) >= 11 is 0. The van der Waals surface area contributed by atoms with Crippen molar-refractivity contribution in [2.45, 2.75) is 0 Å². The van der Waals surface area contributed by atoms with Crippen molar-refractivity contribution in [3.8, 4) is 6.19 Å². The first-order chi connectivity index (χ1) is 1.91. The van der Waals surface area contributed by atoms with Gasteiger partial charge in [0.15, 0.2) is 0 Å². The molecule has 0 spiro atoms. The van der Waals surface area contributed by atoms with Gasteiger partial charge in [0.1, 0.15) is 0 Å². The van der Waals surface area contributed by atoms with Crippen LogP contribution in [0.15, 0.2) is 0 Å². The number of rotatable bonds is 0. The average Bonchev–Trinajstić information content (AvgIpc) is 1.37. The second-order valence-electron chi connectivity index (χ2n) is 0.224. The second kappa shape index (κ2) is 2.25. The molecule has 0 aromatic rings. The molecule has 0 aliphatic heterocycles. The molecule has 0 unspecified atom stereocenters. The molecule has 0 aromatic carbocycles. The highest BCUT2D eigenvalue weighted by atomic mass is 16.5. The fraction of sp³-hybridized carbons (Fsp3) is 0. The van der Waals surface area contributed by atoms with E-state index in [1.165, 1.54) is 11.7 Å². The van der Waals surface area contributed by atoms with E-state index < -0.39 is 0 Å². The van der Waals surface area contributed by atoms with Gasteiger partial charge in [-0.15, -0.1) is 0 Å². The Morgan fingerprint density at radius 1 is 2.25 bits per heavy atom. The number of hydrogen-bond acceptors (Lipinski definition) is 3. The molecule has 2 N–H and O–H groups in total. The summed E-state index contributed by atoms with van der Waals surface area (Å²) in [6, 6.07) is 0. The van der Waals surface area contributed by atoms with E-state index in [1.807, 2.05) is 0 Å². The summed E-state index contributed by atoms with van der Waals surface area (Å²) in [4.78, 5) is 0. The van der Waals surface area contributed by atoms with Crippen LogP contribution in [0.25, 0.3) is 0 Å². The third kappa shape index (κ3) is 1.25. The maximum absolute atomic E-state index is 7.26. The van der Waals surface area contributed by atoms with Crippen LogP contribution in [-0.2, 0) is 0 Å². The number of hydrogen-bond donors (Lipinski definition) is 2. The fourth-order valence-electron chi connectivity index (χ4n) is 0. The molecule has 4 heavy (non-hydrogen) atoms. The lowest BCUT2D eigenvalue weighted by molar-refractivity contribution is 0.222. The molecule has 0 aromatic heterocycles.